The molecule has 1 fully saturated rings. The number of benzene rings is 2. The maximum atomic E-state index is 13.4. The lowest BCUT2D eigenvalue weighted by Crippen LogP contribution is -2.46. The van der Waals surface area contributed by atoms with E-state index in [1.807, 2.05) is 18.2 Å². The maximum Gasteiger partial charge on any atom is 0.315 e. The van der Waals surface area contributed by atoms with Gasteiger partial charge in [0.25, 0.3) is 5.91 Å². The molecule has 0 bridgehead atoms. The lowest BCUT2D eigenvalue weighted by molar-refractivity contribution is -0.129. The van der Waals surface area contributed by atoms with Gasteiger partial charge in [-0.1, -0.05) is 41.9 Å². The highest BCUT2D eigenvalue weighted by Crippen LogP contribution is 2.35. The van der Waals surface area contributed by atoms with Crippen molar-refractivity contribution in [2.75, 3.05) is 31.1 Å². The molecule has 2 amide bonds. The molecule has 210 valence electrons. The molecule has 13 heteroatoms. The molecule has 0 saturated carbocycles. The van der Waals surface area contributed by atoms with Gasteiger partial charge in [-0.25, -0.2) is 8.42 Å². The van der Waals surface area contributed by atoms with E-state index in [1.54, 1.807) is 29.2 Å². The number of thioether (sulfide) groups is 1. The van der Waals surface area contributed by atoms with Crippen LogP contribution in [0.25, 0.3) is 0 Å². The number of rotatable bonds is 8. The van der Waals surface area contributed by atoms with Crippen LogP contribution in [-0.2, 0) is 21.2 Å². The minimum atomic E-state index is -3.64. The average molecular weight is 603 g/mol. The van der Waals surface area contributed by atoms with Crippen LogP contribution in [0.15, 0.2) is 69.2 Å². The number of nitrogens with zero attached hydrogens (tertiary/aromatic N) is 4. The fourth-order valence-electron chi connectivity index (χ4n) is 5.04. The summed E-state index contributed by atoms with van der Waals surface area (Å²) in [6, 6.07) is 14.7. The average Bonchev–Trinajstić information content (AvgIpc) is 3.44. The van der Waals surface area contributed by atoms with E-state index < -0.39 is 33.1 Å². The van der Waals surface area contributed by atoms with Crippen LogP contribution in [-0.4, -0.2) is 75.8 Å². The third-order valence-corrected chi connectivity index (χ3v) is 10.3. The van der Waals surface area contributed by atoms with Gasteiger partial charge in [-0.3, -0.25) is 14.4 Å². The van der Waals surface area contributed by atoms with Crippen LogP contribution in [0.5, 0.6) is 5.75 Å². The Balaban J connectivity index is 1.36. The van der Waals surface area contributed by atoms with Gasteiger partial charge in [-0.15, -0.1) is 11.8 Å². The molecule has 2 aromatic carbocycles. The summed E-state index contributed by atoms with van der Waals surface area (Å²) in [5, 5.41) is 11.1. The number of carbonyl (C=O) groups is 2. The standard InChI is InChI=1S/C27H27ClN4O6S2/c28-19-9-4-5-11-21(19)39-17-22(33)31-12-6-10-20(31)25-29-26(35)24(34)23-27(36)30(13-14-32(23)25)15-16-40(37,38)18-7-2-1-3-8-18/h1-5,7-9,11,20,34H,6,10,12-17H2. The first-order valence-corrected chi connectivity index (χ1v) is 15.8. The van der Waals surface area contributed by atoms with Crippen LogP contribution >= 0.6 is 23.4 Å². The number of likely N-dealkylation sites (tertiary alicyclic amines) is 1. The fraction of sp³-hybridized carbons (Fsp3) is 0.333. The lowest BCUT2D eigenvalue weighted by Gasteiger charge is -2.33. The van der Waals surface area contributed by atoms with E-state index in [4.69, 9.17) is 11.6 Å². The van der Waals surface area contributed by atoms with E-state index in [2.05, 4.69) is 4.98 Å². The van der Waals surface area contributed by atoms with E-state index in [1.165, 1.54) is 33.4 Å². The van der Waals surface area contributed by atoms with Crippen molar-refractivity contribution in [3.05, 3.63) is 81.5 Å². The summed E-state index contributed by atoms with van der Waals surface area (Å²) in [6.07, 6.45) is 1.24. The number of hydrogen-bond acceptors (Lipinski definition) is 8. The summed E-state index contributed by atoms with van der Waals surface area (Å²) >= 11 is 7.54. The smallest absolute Gasteiger partial charge is 0.315 e. The quantitative estimate of drug-likeness (QED) is 0.390. The molecule has 1 atom stereocenters. The topological polar surface area (TPSA) is 130 Å². The van der Waals surface area contributed by atoms with Crippen LogP contribution in [0.2, 0.25) is 5.02 Å². The highest BCUT2D eigenvalue weighted by molar-refractivity contribution is 8.00. The number of carbonyl (C=O) groups excluding carboxylic acids is 2. The summed E-state index contributed by atoms with van der Waals surface area (Å²) in [6.45, 7) is 0.719. The summed E-state index contributed by atoms with van der Waals surface area (Å²) < 4.78 is 27.0. The monoisotopic (exact) mass is 602 g/mol. The minimum absolute atomic E-state index is 0.103. The Morgan fingerprint density at radius 1 is 1.05 bits per heavy atom. The lowest BCUT2D eigenvalue weighted by atomic mass is 10.1. The van der Waals surface area contributed by atoms with Crippen LogP contribution in [0.4, 0.5) is 0 Å². The Morgan fingerprint density at radius 3 is 2.52 bits per heavy atom. The summed E-state index contributed by atoms with van der Waals surface area (Å²) in [5.41, 5.74) is -1.19. The van der Waals surface area contributed by atoms with Gasteiger partial charge >= 0.3 is 5.56 Å². The SMILES string of the molecule is O=C1c2c(O)c(=O)nc(C3CCCN3C(=O)CSc3ccccc3Cl)n2CCN1CCS(=O)(=O)c1ccccc1. The largest absolute Gasteiger partial charge is 0.501 e. The molecule has 0 spiro atoms. The predicted octanol–water partition coefficient (Wildman–Crippen LogP) is 2.99. The molecule has 3 aromatic rings. The highest BCUT2D eigenvalue weighted by atomic mass is 35.5. The number of amides is 2. The van der Waals surface area contributed by atoms with Crippen molar-refractivity contribution in [3.8, 4) is 5.75 Å². The number of fused-ring (bicyclic) bond motifs is 1. The van der Waals surface area contributed by atoms with Crippen molar-refractivity contribution in [1.29, 1.82) is 0 Å². The second-order valence-electron chi connectivity index (χ2n) is 9.51. The van der Waals surface area contributed by atoms with Gasteiger partial charge in [-0.2, -0.15) is 4.98 Å². The van der Waals surface area contributed by atoms with Crippen molar-refractivity contribution in [1.82, 2.24) is 19.4 Å². The van der Waals surface area contributed by atoms with Crippen LogP contribution in [0.3, 0.4) is 0 Å². The molecular formula is C27H27ClN4O6S2. The molecule has 40 heavy (non-hydrogen) atoms. The second kappa shape index (κ2) is 11.6. The molecule has 3 heterocycles. The summed E-state index contributed by atoms with van der Waals surface area (Å²) in [4.78, 5) is 47.3. The summed E-state index contributed by atoms with van der Waals surface area (Å²) in [7, 11) is -3.64. The van der Waals surface area contributed by atoms with Crippen LogP contribution in [0.1, 0.15) is 35.2 Å². The van der Waals surface area contributed by atoms with Crippen molar-refractivity contribution < 1.29 is 23.1 Å². The van der Waals surface area contributed by atoms with Gasteiger partial charge in [0.15, 0.2) is 15.5 Å². The zero-order valence-corrected chi connectivity index (χ0v) is 23.8. The number of halogens is 1. The Morgan fingerprint density at radius 2 is 1.77 bits per heavy atom. The first-order valence-electron chi connectivity index (χ1n) is 12.7. The molecule has 5 rings (SSSR count). The molecule has 10 nitrogen and oxygen atoms in total. The van der Waals surface area contributed by atoms with E-state index in [0.29, 0.717) is 24.4 Å². The number of hydrogen-bond donors (Lipinski definition) is 1. The normalized spacial score (nSPS) is 17.2. The Labute approximate surface area is 240 Å². The molecule has 1 aromatic heterocycles. The van der Waals surface area contributed by atoms with Crippen molar-refractivity contribution in [3.63, 3.8) is 0 Å². The van der Waals surface area contributed by atoms with Crippen molar-refractivity contribution in [2.24, 2.45) is 0 Å². The molecule has 0 radical (unpaired) electrons. The van der Waals surface area contributed by atoms with E-state index in [0.717, 1.165) is 4.90 Å². The van der Waals surface area contributed by atoms with Gasteiger partial charge in [0.1, 0.15) is 5.82 Å². The Bertz CT molecular complexity index is 1610. The third kappa shape index (κ3) is 5.61. The van der Waals surface area contributed by atoms with Gasteiger partial charge in [0.2, 0.25) is 11.7 Å². The van der Waals surface area contributed by atoms with Crippen molar-refractivity contribution >= 4 is 45.0 Å². The van der Waals surface area contributed by atoms with Crippen LogP contribution in [0, 0.1) is 0 Å². The molecule has 1 unspecified atom stereocenters. The predicted molar refractivity (Wildman–Crippen MR) is 150 cm³/mol. The fourth-order valence-corrected chi connectivity index (χ4v) is 7.43. The minimum Gasteiger partial charge on any atom is -0.501 e. The first-order chi connectivity index (χ1) is 19.2. The van der Waals surface area contributed by atoms with E-state index in [-0.39, 0.29) is 53.5 Å². The maximum absolute atomic E-state index is 13.4. The zero-order valence-electron chi connectivity index (χ0n) is 21.4. The van der Waals surface area contributed by atoms with Gasteiger partial charge in [0, 0.05) is 31.1 Å². The number of aromatic hydroxyl groups is 1. The Kier molecular flexibility index (Phi) is 8.20. The number of aromatic nitrogens is 2. The molecule has 0 aliphatic carbocycles. The van der Waals surface area contributed by atoms with E-state index >= 15 is 0 Å². The second-order valence-corrected chi connectivity index (χ2v) is 13.0. The van der Waals surface area contributed by atoms with Gasteiger partial charge in [0.05, 0.1) is 27.5 Å². The zero-order chi connectivity index (χ0) is 28.4. The number of sulfone groups is 1. The highest BCUT2D eigenvalue weighted by Gasteiger charge is 2.38. The van der Waals surface area contributed by atoms with Gasteiger partial charge in [-0.05, 0) is 37.1 Å². The first kappa shape index (κ1) is 28.2. The Hall–Kier alpha value is -3.35. The summed E-state index contributed by atoms with van der Waals surface area (Å²) in [5.74, 6) is -1.51. The molecular weight excluding hydrogens is 576 g/mol. The molecule has 1 saturated heterocycles. The molecule has 2 aliphatic heterocycles. The third-order valence-electron chi connectivity index (χ3n) is 7.06. The van der Waals surface area contributed by atoms with Crippen molar-refractivity contribution in [2.45, 2.75) is 35.2 Å². The molecule has 2 aliphatic rings. The van der Waals surface area contributed by atoms with E-state index in [9.17, 15) is 27.9 Å². The van der Waals surface area contributed by atoms with Gasteiger partial charge < -0.3 is 19.5 Å². The van der Waals surface area contributed by atoms with Crippen LogP contribution < -0.4 is 5.56 Å². The molecule has 1 N–H and O–H groups in total.